The molecule has 0 saturated heterocycles. The smallest absolute Gasteiger partial charge is 0.293 e. The summed E-state index contributed by atoms with van der Waals surface area (Å²) in [5.74, 6) is -1.25. The van der Waals surface area contributed by atoms with E-state index in [2.05, 4.69) is 26.0 Å². The lowest BCUT2D eigenvalue weighted by Gasteiger charge is -2.08. The van der Waals surface area contributed by atoms with E-state index in [9.17, 15) is 24.0 Å². The fourth-order valence-corrected chi connectivity index (χ4v) is 2.46. The first-order valence-corrected chi connectivity index (χ1v) is 10.2. The Kier molecular flexibility index (Phi) is 13.5. The van der Waals surface area contributed by atoms with Gasteiger partial charge in [-0.15, -0.1) is 0 Å². The molecule has 0 spiro atoms. The van der Waals surface area contributed by atoms with Crippen molar-refractivity contribution in [2.75, 3.05) is 45.3 Å². The third-order valence-electron chi connectivity index (χ3n) is 4.06. The lowest BCUT2D eigenvalue weighted by molar-refractivity contribution is -0.129. The number of carbonyl (C=O) groups excluding carboxylic acids is 5. The van der Waals surface area contributed by atoms with Crippen LogP contribution >= 0.6 is 0 Å². The van der Waals surface area contributed by atoms with Crippen molar-refractivity contribution < 1.29 is 33.4 Å². The Balaban J connectivity index is 2.22. The molecule has 0 unspecified atom stereocenters. The first kappa shape index (κ1) is 26.6. The van der Waals surface area contributed by atoms with Crippen LogP contribution < -0.4 is 21.3 Å². The van der Waals surface area contributed by atoms with Gasteiger partial charge < -0.3 is 30.7 Å². The van der Waals surface area contributed by atoms with Crippen LogP contribution in [0, 0.1) is 0 Å². The lowest BCUT2D eigenvalue weighted by Crippen LogP contribution is -2.31. The fraction of sp³-hybridized carbons (Fsp3) is 0.476. The predicted octanol–water partition coefficient (Wildman–Crippen LogP) is -0.494. The zero-order valence-electron chi connectivity index (χ0n) is 18.1. The highest BCUT2D eigenvalue weighted by molar-refractivity contribution is 6.03. The Morgan fingerprint density at radius 1 is 0.875 bits per heavy atom. The molecule has 0 bridgehead atoms. The second-order valence-electron chi connectivity index (χ2n) is 6.65. The molecule has 1 aromatic rings. The van der Waals surface area contributed by atoms with Gasteiger partial charge in [0.25, 0.3) is 6.47 Å². The molecule has 0 atom stereocenters. The number of carbonyl (C=O) groups is 5. The minimum atomic E-state index is -0.464. The molecule has 1 aromatic carbocycles. The number of rotatable bonds is 16. The number of amides is 4. The summed E-state index contributed by atoms with van der Waals surface area (Å²) in [5, 5.41) is 10.3. The molecule has 11 heteroatoms. The minimum absolute atomic E-state index is 0.148. The molecule has 4 amide bonds. The van der Waals surface area contributed by atoms with E-state index >= 15 is 0 Å². The fourth-order valence-electron chi connectivity index (χ4n) is 2.46. The van der Waals surface area contributed by atoms with Crippen molar-refractivity contribution in [3.8, 4) is 0 Å². The van der Waals surface area contributed by atoms with Crippen molar-refractivity contribution in [3.05, 3.63) is 29.8 Å². The van der Waals surface area contributed by atoms with E-state index in [1.165, 1.54) is 7.05 Å². The molecule has 0 aliphatic carbocycles. The zero-order valence-corrected chi connectivity index (χ0v) is 18.1. The molecule has 0 radical (unpaired) electrons. The standard InChI is InChI=1S/C21H30N4O7/c1-22-18(27)7-8-23-19(28)13-16-3-5-17(6-4-16)25-21(30)14-20(29)24-9-12-31-10-2-11-32-15-26/h3-6,15H,2,7-14H2,1H3,(H,22,27)(H,23,28)(H,24,29)(H,25,30). The van der Waals surface area contributed by atoms with Crippen LogP contribution in [0.3, 0.4) is 0 Å². The summed E-state index contributed by atoms with van der Waals surface area (Å²) in [6, 6.07) is 6.69. The summed E-state index contributed by atoms with van der Waals surface area (Å²) in [4.78, 5) is 56.7. The van der Waals surface area contributed by atoms with Gasteiger partial charge in [-0.2, -0.15) is 0 Å². The molecule has 0 heterocycles. The molecule has 4 N–H and O–H groups in total. The SMILES string of the molecule is CNC(=O)CCNC(=O)Cc1ccc(NC(=O)CC(=O)NCCOCCCOC=O)cc1. The highest BCUT2D eigenvalue weighted by Gasteiger charge is 2.10. The van der Waals surface area contributed by atoms with Crippen LogP contribution in [0.1, 0.15) is 24.8 Å². The second-order valence-corrected chi connectivity index (χ2v) is 6.65. The van der Waals surface area contributed by atoms with E-state index in [1.807, 2.05) is 0 Å². The van der Waals surface area contributed by atoms with Crippen LogP contribution in [0.4, 0.5) is 5.69 Å². The summed E-state index contributed by atoms with van der Waals surface area (Å²) in [5.41, 5.74) is 1.25. The first-order valence-electron chi connectivity index (χ1n) is 10.2. The number of hydrogen-bond donors (Lipinski definition) is 4. The number of nitrogens with one attached hydrogen (secondary N) is 4. The first-order chi connectivity index (χ1) is 15.4. The molecule has 0 aliphatic heterocycles. The van der Waals surface area contributed by atoms with Crippen LogP contribution in [-0.4, -0.2) is 70.1 Å². The highest BCUT2D eigenvalue weighted by Crippen LogP contribution is 2.10. The van der Waals surface area contributed by atoms with Gasteiger partial charge in [-0.25, -0.2) is 0 Å². The quantitative estimate of drug-likeness (QED) is 0.151. The Hall–Kier alpha value is -3.47. The van der Waals surface area contributed by atoms with Gasteiger partial charge in [-0.05, 0) is 17.7 Å². The Bertz CT molecular complexity index is 753. The van der Waals surface area contributed by atoms with Crippen molar-refractivity contribution in [2.24, 2.45) is 0 Å². The van der Waals surface area contributed by atoms with Crippen molar-refractivity contribution >= 4 is 35.8 Å². The third-order valence-corrected chi connectivity index (χ3v) is 4.06. The van der Waals surface area contributed by atoms with Gasteiger partial charge in [0.05, 0.1) is 19.6 Å². The number of benzene rings is 1. The van der Waals surface area contributed by atoms with Crippen LogP contribution in [0.25, 0.3) is 0 Å². The van der Waals surface area contributed by atoms with Crippen LogP contribution in [-0.2, 0) is 39.9 Å². The summed E-state index contributed by atoms with van der Waals surface area (Å²) in [7, 11) is 1.53. The van der Waals surface area contributed by atoms with Gasteiger partial charge in [-0.1, -0.05) is 12.1 Å². The molecule has 0 aliphatic rings. The number of ether oxygens (including phenoxy) is 2. The Labute approximate surface area is 186 Å². The second kappa shape index (κ2) is 16.3. The van der Waals surface area contributed by atoms with E-state index in [4.69, 9.17) is 4.74 Å². The molecule has 176 valence electrons. The summed E-state index contributed by atoms with van der Waals surface area (Å²) in [6.07, 6.45) is 0.598. The zero-order chi connectivity index (χ0) is 23.6. The Morgan fingerprint density at radius 2 is 1.59 bits per heavy atom. The molecular formula is C21H30N4O7. The van der Waals surface area contributed by atoms with Gasteiger partial charge in [0.1, 0.15) is 6.42 Å². The van der Waals surface area contributed by atoms with Gasteiger partial charge in [-0.3, -0.25) is 24.0 Å². The third kappa shape index (κ3) is 13.0. The maximum absolute atomic E-state index is 12.0. The van der Waals surface area contributed by atoms with E-state index < -0.39 is 11.8 Å². The lowest BCUT2D eigenvalue weighted by atomic mass is 10.1. The molecule has 1 rings (SSSR count). The average Bonchev–Trinajstić information content (AvgIpc) is 2.76. The summed E-state index contributed by atoms with van der Waals surface area (Å²) < 4.78 is 9.76. The van der Waals surface area contributed by atoms with Gasteiger partial charge in [0.2, 0.25) is 23.6 Å². The minimum Gasteiger partial charge on any atom is -0.468 e. The number of hydrogen-bond acceptors (Lipinski definition) is 7. The van der Waals surface area contributed by atoms with Gasteiger partial charge >= 0.3 is 0 Å². The molecule has 11 nitrogen and oxygen atoms in total. The summed E-state index contributed by atoms with van der Waals surface area (Å²) in [6.45, 7) is 1.87. The van der Waals surface area contributed by atoms with Crippen molar-refractivity contribution in [1.82, 2.24) is 16.0 Å². The summed E-state index contributed by atoms with van der Waals surface area (Å²) >= 11 is 0. The monoisotopic (exact) mass is 450 g/mol. The topological polar surface area (TPSA) is 152 Å². The normalized spacial score (nSPS) is 10.0. The molecular weight excluding hydrogens is 420 g/mol. The van der Waals surface area contributed by atoms with Gasteiger partial charge in [0, 0.05) is 45.3 Å². The molecule has 0 aromatic heterocycles. The highest BCUT2D eigenvalue weighted by atomic mass is 16.5. The van der Waals surface area contributed by atoms with Crippen LogP contribution in [0.15, 0.2) is 24.3 Å². The van der Waals surface area contributed by atoms with E-state index in [-0.39, 0.29) is 57.4 Å². The largest absolute Gasteiger partial charge is 0.468 e. The van der Waals surface area contributed by atoms with E-state index in [0.717, 1.165) is 5.56 Å². The molecule has 0 fully saturated rings. The van der Waals surface area contributed by atoms with Crippen molar-refractivity contribution in [2.45, 2.75) is 25.7 Å². The predicted molar refractivity (Wildman–Crippen MR) is 116 cm³/mol. The maximum atomic E-state index is 12.0. The van der Waals surface area contributed by atoms with E-state index in [1.54, 1.807) is 24.3 Å². The van der Waals surface area contributed by atoms with Crippen LogP contribution in [0.5, 0.6) is 0 Å². The molecule has 32 heavy (non-hydrogen) atoms. The maximum Gasteiger partial charge on any atom is 0.293 e. The Morgan fingerprint density at radius 3 is 2.28 bits per heavy atom. The van der Waals surface area contributed by atoms with Gasteiger partial charge in [0.15, 0.2) is 0 Å². The van der Waals surface area contributed by atoms with Crippen LogP contribution in [0.2, 0.25) is 0 Å². The van der Waals surface area contributed by atoms with E-state index in [0.29, 0.717) is 25.2 Å². The average molecular weight is 450 g/mol. The van der Waals surface area contributed by atoms with Crippen molar-refractivity contribution in [3.63, 3.8) is 0 Å². The number of anilines is 1. The molecule has 0 saturated carbocycles. The van der Waals surface area contributed by atoms with Crippen molar-refractivity contribution in [1.29, 1.82) is 0 Å².